The predicted molar refractivity (Wildman–Crippen MR) is 183 cm³/mol. The Kier molecular flexibility index (Phi) is 10.7. The summed E-state index contributed by atoms with van der Waals surface area (Å²) in [6.07, 6.45) is -1.26. The molecule has 0 aliphatic heterocycles. The summed E-state index contributed by atoms with van der Waals surface area (Å²) in [6.45, 7) is 15.8. The maximum Gasteiger partial charge on any atom is 0.407 e. The van der Waals surface area contributed by atoms with Crippen molar-refractivity contribution in [1.82, 2.24) is 15.3 Å². The molecular formula is C36H42N4O6S. The number of carboxylic acids is 1. The first-order valence-electron chi connectivity index (χ1n) is 15.2. The summed E-state index contributed by atoms with van der Waals surface area (Å²) in [6, 6.07) is 21.4. The highest BCUT2D eigenvalue weighted by Gasteiger charge is 2.23. The molecule has 11 heteroatoms. The van der Waals surface area contributed by atoms with Crippen LogP contribution < -0.4 is 14.8 Å². The molecule has 0 radical (unpaired) electrons. The van der Waals surface area contributed by atoms with Gasteiger partial charge in [-0.25, -0.2) is 18.8 Å². The molecule has 0 aliphatic rings. The fourth-order valence-electron chi connectivity index (χ4n) is 4.83. The third kappa shape index (κ3) is 9.62. The van der Waals surface area contributed by atoms with Gasteiger partial charge in [0.2, 0.25) is 11.8 Å². The highest BCUT2D eigenvalue weighted by atomic mass is 32.2. The van der Waals surface area contributed by atoms with Crippen LogP contribution >= 0.6 is 0 Å². The number of benzene rings is 3. The Morgan fingerprint density at radius 1 is 0.894 bits per heavy atom. The van der Waals surface area contributed by atoms with Crippen molar-refractivity contribution in [2.45, 2.75) is 77.4 Å². The van der Waals surface area contributed by atoms with Crippen molar-refractivity contribution in [3.8, 4) is 17.1 Å². The van der Waals surface area contributed by atoms with Gasteiger partial charge in [0, 0.05) is 11.6 Å². The van der Waals surface area contributed by atoms with Gasteiger partial charge in [0.25, 0.3) is 0 Å². The molecule has 2 unspecified atom stereocenters. The SMILES string of the molecule is Cc1cccc(C)c1-c1cc(OC(CNC(=O)OC(C)(C)C)c2ccc(C(C)(C)C)cc2)nc(NS(=O)c2cccc(C(=O)O)c2)n1. The van der Waals surface area contributed by atoms with Crippen molar-refractivity contribution >= 4 is 29.0 Å². The van der Waals surface area contributed by atoms with Crippen LogP contribution in [0, 0.1) is 13.8 Å². The van der Waals surface area contributed by atoms with Crippen LogP contribution in [0.15, 0.2) is 77.7 Å². The molecular weight excluding hydrogens is 616 g/mol. The minimum atomic E-state index is -1.89. The van der Waals surface area contributed by atoms with Gasteiger partial charge in [0.1, 0.15) is 11.7 Å². The van der Waals surface area contributed by atoms with E-state index in [9.17, 15) is 18.9 Å². The van der Waals surface area contributed by atoms with E-state index in [0.29, 0.717) is 5.69 Å². The van der Waals surface area contributed by atoms with Crippen molar-refractivity contribution in [3.63, 3.8) is 0 Å². The fourth-order valence-corrected chi connectivity index (χ4v) is 5.64. The predicted octanol–water partition coefficient (Wildman–Crippen LogP) is 7.54. The number of aromatic carboxylic acids is 1. The van der Waals surface area contributed by atoms with Crippen LogP contribution in [0.5, 0.6) is 5.88 Å². The van der Waals surface area contributed by atoms with E-state index in [1.165, 1.54) is 18.2 Å². The summed E-state index contributed by atoms with van der Waals surface area (Å²) < 4.78 is 28.1. The number of aromatic nitrogens is 2. The molecule has 0 saturated carbocycles. The largest absolute Gasteiger partial charge is 0.478 e. The van der Waals surface area contributed by atoms with E-state index in [0.717, 1.165) is 27.8 Å². The van der Waals surface area contributed by atoms with Gasteiger partial charge >= 0.3 is 12.1 Å². The summed E-state index contributed by atoms with van der Waals surface area (Å²) in [5.41, 5.74) is 4.54. The Morgan fingerprint density at radius 2 is 1.53 bits per heavy atom. The molecule has 3 aromatic carbocycles. The lowest BCUT2D eigenvalue weighted by Crippen LogP contribution is -2.36. The maximum absolute atomic E-state index is 13.4. The zero-order chi connectivity index (χ0) is 34.5. The molecule has 0 aliphatic carbocycles. The third-order valence-electron chi connectivity index (χ3n) is 7.16. The molecule has 0 saturated heterocycles. The molecule has 0 spiro atoms. The van der Waals surface area contributed by atoms with Gasteiger partial charge < -0.3 is 19.9 Å². The molecule has 47 heavy (non-hydrogen) atoms. The van der Waals surface area contributed by atoms with E-state index in [2.05, 4.69) is 40.8 Å². The second-order valence-electron chi connectivity index (χ2n) is 13.2. The van der Waals surface area contributed by atoms with E-state index < -0.39 is 34.8 Å². The van der Waals surface area contributed by atoms with Crippen LogP contribution in [-0.4, -0.2) is 43.5 Å². The molecule has 10 nitrogen and oxygen atoms in total. The number of carboxylic acid groups (broad SMARTS) is 1. The summed E-state index contributed by atoms with van der Waals surface area (Å²) >= 11 is 0. The monoisotopic (exact) mass is 658 g/mol. The average molecular weight is 659 g/mol. The van der Waals surface area contributed by atoms with Gasteiger partial charge in [0.05, 0.1) is 22.7 Å². The Bertz CT molecular complexity index is 1760. The van der Waals surface area contributed by atoms with Gasteiger partial charge in [0.15, 0.2) is 11.0 Å². The van der Waals surface area contributed by atoms with Crippen LogP contribution in [0.1, 0.15) is 80.3 Å². The first kappa shape index (κ1) is 35.1. The topological polar surface area (TPSA) is 140 Å². The lowest BCUT2D eigenvalue weighted by molar-refractivity contribution is 0.0498. The van der Waals surface area contributed by atoms with E-state index in [1.54, 1.807) is 32.9 Å². The van der Waals surface area contributed by atoms with Gasteiger partial charge in [-0.2, -0.15) is 4.98 Å². The third-order valence-corrected chi connectivity index (χ3v) is 8.21. The standard InChI is InChI=1S/C36H42N4O6S/c1-22-11-9-12-23(2)31(22)28-20-30(39-33(38-28)40-47(44)27-14-10-13-25(19-27)32(41)42)45-29(21-37-34(43)46-36(6,7)8)24-15-17-26(18-16-24)35(3,4)5/h9-20,29H,21H2,1-8H3,(H,37,43)(H,41,42)(H,38,39,40). The summed E-state index contributed by atoms with van der Waals surface area (Å²) in [5, 5.41) is 12.2. The van der Waals surface area contributed by atoms with Crippen molar-refractivity contribution in [3.05, 3.63) is 101 Å². The lowest BCUT2D eigenvalue weighted by atomic mass is 9.86. The van der Waals surface area contributed by atoms with Crippen LogP contribution in [-0.2, 0) is 21.1 Å². The van der Waals surface area contributed by atoms with Crippen molar-refractivity contribution in [1.29, 1.82) is 0 Å². The molecule has 3 N–H and O–H groups in total. The molecule has 1 amide bonds. The van der Waals surface area contributed by atoms with Crippen molar-refractivity contribution < 1.29 is 28.4 Å². The molecule has 4 rings (SSSR count). The van der Waals surface area contributed by atoms with Gasteiger partial charge in [-0.05, 0) is 80.5 Å². The highest BCUT2D eigenvalue weighted by Crippen LogP contribution is 2.31. The van der Waals surface area contributed by atoms with Crippen LogP contribution in [0.25, 0.3) is 11.3 Å². The average Bonchev–Trinajstić information content (AvgIpc) is 2.98. The second-order valence-corrected chi connectivity index (χ2v) is 14.5. The van der Waals surface area contributed by atoms with Crippen LogP contribution in [0.2, 0.25) is 0 Å². The normalized spacial score (nSPS) is 12.9. The van der Waals surface area contributed by atoms with Crippen molar-refractivity contribution in [2.24, 2.45) is 0 Å². The van der Waals surface area contributed by atoms with E-state index in [4.69, 9.17) is 9.47 Å². The number of nitrogens with one attached hydrogen (secondary N) is 2. The molecule has 1 heterocycles. The Labute approximate surface area is 278 Å². The number of aryl methyl sites for hydroxylation is 2. The van der Waals surface area contributed by atoms with Crippen LogP contribution in [0.4, 0.5) is 10.7 Å². The van der Waals surface area contributed by atoms with Gasteiger partial charge in [-0.15, -0.1) is 0 Å². The maximum atomic E-state index is 13.4. The lowest BCUT2D eigenvalue weighted by Gasteiger charge is -2.24. The number of amides is 1. The first-order valence-corrected chi connectivity index (χ1v) is 16.4. The van der Waals surface area contributed by atoms with E-state index in [-0.39, 0.29) is 34.2 Å². The fraction of sp³-hybridized carbons (Fsp3) is 0.333. The summed E-state index contributed by atoms with van der Waals surface area (Å²) in [4.78, 5) is 33.6. The summed E-state index contributed by atoms with van der Waals surface area (Å²) in [5.74, 6) is -0.942. The molecule has 1 aromatic heterocycles. The quantitative estimate of drug-likeness (QED) is 0.159. The number of alkyl carbamates (subject to hydrolysis) is 1. The number of anilines is 1. The van der Waals surface area contributed by atoms with Gasteiger partial charge in [-0.1, -0.05) is 69.3 Å². The number of ether oxygens (including phenoxy) is 2. The Morgan fingerprint density at radius 3 is 2.13 bits per heavy atom. The Balaban J connectivity index is 1.75. The van der Waals surface area contributed by atoms with Crippen molar-refractivity contribution in [2.75, 3.05) is 11.3 Å². The number of nitrogens with zero attached hydrogens (tertiary/aromatic N) is 2. The number of hydrogen-bond donors (Lipinski definition) is 3. The zero-order valence-corrected chi connectivity index (χ0v) is 28.8. The molecule has 248 valence electrons. The van der Waals surface area contributed by atoms with E-state index in [1.807, 2.05) is 56.3 Å². The molecule has 4 aromatic rings. The number of carbonyl (C=O) groups is 2. The second kappa shape index (κ2) is 14.3. The van der Waals surface area contributed by atoms with E-state index >= 15 is 0 Å². The zero-order valence-electron chi connectivity index (χ0n) is 28.0. The summed E-state index contributed by atoms with van der Waals surface area (Å²) in [7, 11) is -1.89. The van der Waals surface area contributed by atoms with Gasteiger partial charge in [-0.3, -0.25) is 4.72 Å². The number of hydrogen-bond acceptors (Lipinski definition) is 7. The molecule has 2 atom stereocenters. The minimum absolute atomic E-state index is 0.00434. The molecule has 0 fully saturated rings. The first-order chi connectivity index (χ1) is 22.0. The number of carbonyl (C=O) groups excluding carboxylic acids is 1. The highest BCUT2D eigenvalue weighted by molar-refractivity contribution is 7.86. The number of rotatable bonds is 10. The minimum Gasteiger partial charge on any atom is -0.478 e. The van der Waals surface area contributed by atoms with Crippen LogP contribution in [0.3, 0.4) is 0 Å². The Hall–Kier alpha value is -4.77. The smallest absolute Gasteiger partial charge is 0.407 e. The molecule has 0 bridgehead atoms.